The highest BCUT2D eigenvalue weighted by Crippen LogP contribution is 2.29. The van der Waals surface area contributed by atoms with Crippen molar-refractivity contribution < 1.29 is 23.2 Å². The van der Waals surface area contributed by atoms with Gasteiger partial charge in [0.25, 0.3) is 5.91 Å². The molecule has 1 saturated heterocycles. The maximum Gasteiger partial charge on any atom is 0.326 e. The lowest BCUT2D eigenvalue weighted by molar-refractivity contribution is 0.0953. The van der Waals surface area contributed by atoms with Gasteiger partial charge in [0.1, 0.15) is 16.3 Å². The minimum absolute atomic E-state index is 0.158. The molecule has 1 aliphatic heterocycles. The molecule has 2 aromatic heterocycles. The molecule has 9 nitrogen and oxygen atoms in total. The number of aromatic nitrogens is 2. The van der Waals surface area contributed by atoms with Crippen LogP contribution in [0.5, 0.6) is 5.75 Å². The Morgan fingerprint density at radius 2 is 2.12 bits per heavy atom. The molecule has 3 aromatic rings. The van der Waals surface area contributed by atoms with Crippen molar-refractivity contribution in [3.05, 3.63) is 57.7 Å². The Labute approximate surface area is 187 Å². The van der Waals surface area contributed by atoms with Crippen molar-refractivity contribution in [1.29, 1.82) is 0 Å². The maximum atomic E-state index is 14.0. The number of anilines is 1. The monoisotopic (exact) mass is 459 g/mol. The van der Waals surface area contributed by atoms with Crippen molar-refractivity contribution in [2.75, 3.05) is 25.1 Å². The summed E-state index contributed by atoms with van der Waals surface area (Å²) in [7, 11) is 1.40. The van der Waals surface area contributed by atoms with Crippen molar-refractivity contribution in [3.8, 4) is 5.75 Å². The van der Waals surface area contributed by atoms with Crippen molar-refractivity contribution in [3.63, 3.8) is 0 Å². The topological polar surface area (TPSA) is 101 Å². The maximum absolute atomic E-state index is 14.0. The van der Waals surface area contributed by atoms with Gasteiger partial charge < -0.3 is 19.5 Å². The standard InChI is InChI=1S/C21H22FN5O4S/c1-12-8-15(25-31-12)10-23-19(28)18-13(2)24-20(32-18)27-7-6-26(21(27)29)11-14-4-5-17(30-3)16(22)9-14/h4-5,8-9H,6-7,10-11H2,1-3H3,(H,23,28). The van der Waals surface area contributed by atoms with Crippen molar-refractivity contribution >= 4 is 28.4 Å². The van der Waals surface area contributed by atoms with Gasteiger partial charge in [-0.2, -0.15) is 0 Å². The SMILES string of the molecule is COc1ccc(CN2CCN(c3nc(C)c(C(=O)NCc4cc(C)on4)s3)C2=O)cc1F. The fraction of sp³-hybridized carbons (Fsp3) is 0.333. The van der Waals surface area contributed by atoms with Gasteiger partial charge in [-0.3, -0.25) is 9.69 Å². The van der Waals surface area contributed by atoms with E-state index in [1.54, 1.807) is 36.9 Å². The zero-order valence-corrected chi connectivity index (χ0v) is 18.7. The van der Waals surface area contributed by atoms with Crippen LogP contribution in [0.15, 0.2) is 28.8 Å². The highest BCUT2D eigenvalue weighted by molar-refractivity contribution is 7.17. The number of hydrogen-bond donors (Lipinski definition) is 1. The number of benzene rings is 1. The molecule has 1 N–H and O–H groups in total. The molecule has 0 bridgehead atoms. The Kier molecular flexibility index (Phi) is 6.08. The van der Waals surface area contributed by atoms with Crippen molar-refractivity contribution in [2.45, 2.75) is 26.9 Å². The highest BCUT2D eigenvalue weighted by atomic mass is 32.1. The van der Waals surface area contributed by atoms with Crippen LogP contribution in [0.1, 0.15) is 32.4 Å². The molecule has 3 heterocycles. The number of urea groups is 1. The highest BCUT2D eigenvalue weighted by Gasteiger charge is 2.32. The quantitative estimate of drug-likeness (QED) is 0.582. The fourth-order valence-corrected chi connectivity index (χ4v) is 4.40. The van der Waals surface area contributed by atoms with E-state index in [1.807, 2.05) is 0 Å². The lowest BCUT2D eigenvalue weighted by Crippen LogP contribution is -2.31. The van der Waals surface area contributed by atoms with E-state index in [0.717, 1.165) is 11.3 Å². The molecule has 11 heteroatoms. The summed E-state index contributed by atoms with van der Waals surface area (Å²) < 4.78 is 23.9. The van der Waals surface area contributed by atoms with Crippen LogP contribution < -0.4 is 15.0 Å². The second kappa shape index (κ2) is 8.95. The van der Waals surface area contributed by atoms with Gasteiger partial charge in [0.05, 0.1) is 19.3 Å². The molecule has 0 aliphatic carbocycles. The van der Waals surface area contributed by atoms with Gasteiger partial charge in [-0.25, -0.2) is 14.2 Å². The number of ether oxygens (including phenoxy) is 1. The molecule has 1 aliphatic rings. The largest absolute Gasteiger partial charge is 0.494 e. The smallest absolute Gasteiger partial charge is 0.326 e. The molecule has 3 amide bonds. The summed E-state index contributed by atoms with van der Waals surface area (Å²) in [5.41, 5.74) is 1.83. The third kappa shape index (κ3) is 4.42. The van der Waals surface area contributed by atoms with Gasteiger partial charge >= 0.3 is 6.03 Å². The molecule has 32 heavy (non-hydrogen) atoms. The van der Waals surface area contributed by atoms with Gasteiger partial charge in [0.2, 0.25) is 0 Å². The van der Waals surface area contributed by atoms with E-state index in [4.69, 9.17) is 9.26 Å². The Bertz CT molecular complexity index is 1160. The van der Waals surface area contributed by atoms with Crippen LogP contribution in [0, 0.1) is 19.7 Å². The molecule has 0 saturated carbocycles. The van der Waals surface area contributed by atoms with Gasteiger partial charge in [0, 0.05) is 25.7 Å². The zero-order valence-electron chi connectivity index (χ0n) is 17.8. The van der Waals surface area contributed by atoms with E-state index in [9.17, 15) is 14.0 Å². The van der Waals surface area contributed by atoms with Crippen LogP contribution in [-0.4, -0.2) is 47.2 Å². The number of nitrogens with zero attached hydrogens (tertiary/aromatic N) is 4. The summed E-state index contributed by atoms with van der Waals surface area (Å²) in [5.74, 6) is 0.0652. The molecule has 1 fully saturated rings. The van der Waals surface area contributed by atoms with Gasteiger partial charge in [0.15, 0.2) is 16.7 Å². The Balaban J connectivity index is 1.41. The normalized spacial score (nSPS) is 13.7. The first kappa shape index (κ1) is 21.8. The van der Waals surface area contributed by atoms with Crippen LogP contribution in [0.2, 0.25) is 0 Å². The first-order chi connectivity index (χ1) is 15.4. The number of carbonyl (C=O) groups is 2. The summed E-state index contributed by atoms with van der Waals surface area (Å²) in [4.78, 5) is 33.5. The van der Waals surface area contributed by atoms with Crippen LogP contribution in [0.4, 0.5) is 14.3 Å². The molecule has 0 atom stereocenters. The van der Waals surface area contributed by atoms with Crippen LogP contribution in [0.25, 0.3) is 0 Å². The summed E-state index contributed by atoms with van der Waals surface area (Å²) in [6.07, 6.45) is 0. The van der Waals surface area contributed by atoms with E-state index in [1.165, 1.54) is 18.1 Å². The number of rotatable bonds is 7. The third-order valence-corrected chi connectivity index (χ3v) is 6.19. The van der Waals surface area contributed by atoms with Gasteiger partial charge in [-0.15, -0.1) is 0 Å². The summed E-state index contributed by atoms with van der Waals surface area (Å²) in [6, 6.07) is 6.14. The van der Waals surface area contributed by atoms with Gasteiger partial charge in [-0.05, 0) is 31.5 Å². The predicted octanol–water partition coefficient (Wildman–Crippen LogP) is 3.27. The minimum Gasteiger partial charge on any atom is -0.494 e. The Morgan fingerprint density at radius 3 is 2.81 bits per heavy atom. The second-order valence-electron chi connectivity index (χ2n) is 7.35. The number of aryl methyl sites for hydroxylation is 2. The zero-order chi connectivity index (χ0) is 22.8. The number of carbonyl (C=O) groups excluding carboxylic acids is 2. The summed E-state index contributed by atoms with van der Waals surface area (Å²) in [6.45, 7) is 4.91. The van der Waals surface area contributed by atoms with Gasteiger partial charge in [-0.1, -0.05) is 22.6 Å². The molecule has 4 rings (SSSR count). The van der Waals surface area contributed by atoms with Crippen LogP contribution in [0.3, 0.4) is 0 Å². The predicted molar refractivity (Wildman–Crippen MR) is 115 cm³/mol. The molecule has 168 valence electrons. The summed E-state index contributed by atoms with van der Waals surface area (Å²) >= 11 is 1.16. The van der Waals surface area contributed by atoms with E-state index >= 15 is 0 Å². The van der Waals surface area contributed by atoms with E-state index in [-0.39, 0.29) is 30.8 Å². The number of methoxy groups -OCH3 is 1. The lowest BCUT2D eigenvalue weighted by atomic mass is 10.2. The van der Waals surface area contributed by atoms with E-state index < -0.39 is 5.82 Å². The van der Waals surface area contributed by atoms with Crippen molar-refractivity contribution in [1.82, 2.24) is 20.4 Å². The average molecular weight is 460 g/mol. The Hall–Kier alpha value is -3.47. The average Bonchev–Trinajstić information content (AvgIpc) is 3.46. The fourth-order valence-electron chi connectivity index (χ4n) is 3.40. The second-order valence-corrected chi connectivity index (χ2v) is 8.32. The number of thiazole rings is 1. The molecule has 1 aromatic carbocycles. The first-order valence-corrected chi connectivity index (χ1v) is 10.7. The van der Waals surface area contributed by atoms with Crippen LogP contribution >= 0.6 is 11.3 Å². The molecule has 0 radical (unpaired) electrons. The number of halogens is 1. The number of amides is 3. The van der Waals surface area contributed by atoms with Crippen LogP contribution in [-0.2, 0) is 13.1 Å². The molecular weight excluding hydrogens is 437 g/mol. The van der Waals surface area contributed by atoms with Crippen molar-refractivity contribution in [2.24, 2.45) is 0 Å². The Morgan fingerprint density at radius 1 is 1.31 bits per heavy atom. The van der Waals surface area contributed by atoms with E-state index in [0.29, 0.717) is 45.8 Å². The molecular formula is C21H22FN5O4S. The number of hydrogen-bond acceptors (Lipinski definition) is 7. The summed E-state index contributed by atoms with van der Waals surface area (Å²) in [5, 5.41) is 7.10. The molecule has 0 spiro atoms. The molecule has 0 unspecified atom stereocenters. The minimum atomic E-state index is -0.472. The lowest BCUT2D eigenvalue weighted by Gasteiger charge is -2.17. The first-order valence-electron chi connectivity index (χ1n) is 9.92. The van der Waals surface area contributed by atoms with E-state index in [2.05, 4.69) is 15.5 Å². The number of nitrogens with one attached hydrogen (secondary N) is 1. The third-order valence-electron chi connectivity index (χ3n) is 5.01.